The number of rotatable bonds is 1. The summed E-state index contributed by atoms with van der Waals surface area (Å²) < 4.78 is 0.642. The van der Waals surface area contributed by atoms with Gasteiger partial charge in [-0.25, -0.2) is 0 Å². The minimum Gasteiger partial charge on any atom is -1.00 e. The van der Waals surface area contributed by atoms with Crippen molar-refractivity contribution in [2.24, 2.45) is 0 Å². The molecule has 2 aliphatic carbocycles. The van der Waals surface area contributed by atoms with Crippen LogP contribution in [0.5, 0.6) is 0 Å². The average Bonchev–Trinajstić information content (AvgIpc) is 3.28. The number of fused-ring (bicyclic) bond motifs is 6. The van der Waals surface area contributed by atoms with E-state index in [2.05, 4.69) is 106 Å². The van der Waals surface area contributed by atoms with Crippen LogP contribution >= 0.6 is 0 Å². The molecule has 4 aromatic carbocycles. The van der Waals surface area contributed by atoms with Gasteiger partial charge in [0.05, 0.1) is 0 Å². The first kappa shape index (κ1) is 26.0. The maximum absolute atomic E-state index is 2.29. The standard InChI is InChI=1S/C16H16.C14H11.2ClH.Zr/c1-3-12-13-8-4-5-9-15(13)16-11(2)7-6-10-14(12)16;1-10-5-4-7-12-9-11-6-2-3-8-13(11)14(10)12;;;/h4-10,12H,3H2,1-2H3;2-9H,1H3;2*1H;/q;;;;+2/p-2. The van der Waals surface area contributed by atoms with Crippen LogP contribution in [0.2, 0.25) is 0 Å². The normalized spacial score (nSPS) is 16.2. The molecule has 0 radical (unpaired) electrons. The van der Waals surface area contributed by atoms with Crippen molar-refractivity contribution >= 4 is 0 Å². The van der Waals surface area contributed by atoms with E-state index in [4.69, 9.17) is 0 Å². The fourth-order valence-electron chi connectivity index (χ4n) is 5.43. The van der Waals surface area contributed by atoms with Crippen molar-refractivity contribution in [1.82, 2.24) is 0 Å². The van der Waals surface area contributed by atoms with Crippen LogP contribution in [-0.4, -0.2) is 0 Å². The molecule has 2 unspecified atom stereocenters. The van der Waals surface area contributed by atoms with E-state index >= 15 is 0 Å². The van der Waals surface area contributed by atoms with Gasteiger partial charge in [-0.1, -0.05) is 49.4 Å². The van der Waals surface area contributed by atoms with E-state index in [-0.39, 0.29) is 24.8 Å². The predicted octanol–water partition coefficient (Wildman–Crippen LogP) is 2.14. The average molecular weight is 550 g/mol. The number of benzene rings is 4. The minimum atomic E-state index is 0. The van der Waals surface area contributed by atoms with E-state index in [9.17, 15) is 0 Å². The molecule has 2 atom stereocenters. The number of hydrogen-bond acceptors (Lipinski definition) is 0. The van der Waals surface area contributed by atoms with Crippen LogP contribution in [-0.2, 0) is 24.7 Å². The quantitative estimate of drug-likeness (QED) is 0.342. The molecule has 3 heteroatoms. The Balaban J connectivity index is 0.000000175. The molecule has 0 saturated heterocycles. The van der Waals surface area contributed by atoms with Gasteiger partial charge in [0.2, 0.25) is 0 Å². The molecule has 165 valence electrons. The molecule has 33 heavy (non-hydrogen) atoms. The van der Waals surface area contributed by atoms with Crippen molar-refractivity contribution in [3.05, 3.63) is 118 Å². The molecule has 0 bridgehead atoms. The third kappa shape index (κ3) is 4.41. The van der Waals surface area contributed by atoms with Gasteiger partial charge in [0.1, 0.15) is 0 Å². The first-order chi connectivity index (χ1) is 15.1. The predicted molar refractivity (Wildman–Crippen MR) is 127 cm³/mol. The van der Waals surface area contributed by atoms with Crippen LogP contribution in [0.15, 0.2) is 84.9 Å². The molecule has 0 N–H and O–H groups in total. The van der Waals surface area contributed by atoms with Gasteiger partial charge in [0.25, 0.3) is 0 Å². The van der Waals surface area contributed by atoms with Crippen molar-refractivity contribution < 1.29 is 49.5 Å². The summed E-state index contributed by atoms with van der Waals surface area (Å²) in [6, 6.07) is 31.0. The number of aryl methyl sites for hydroxylation is 2. The molecule has 0 heterocycles. The van der Waals surface area contributed by atoms with Gasteiger partial charge >= 0.3 is 106 Å². The monoisotopic (exact) mass is 547 g/mol. The number of hydrogen-bond donors (Lipinski definition) is 0. The van der Waals surface area contributed by atoms with E-state index in [0.717, 1.165) is 0 Å². The van der Waals surface area contributed by atoms with Crippen LogP contribution in [0.4, 0.5) is 0 Å². The zero-order valence-electron chi connectivity index (χ0n) is 19.2. The second-order valence-electron chi connectivity index (χ2n) is 8.65. The van der Waals surface area contributed by atoms with E-state index in [1.165, 1.54) is 62.1 Å². The molecule has 0 saturated carbocycles. The van der Waals surface area contributed by atoms with Gasteiger partial charge in [-0.3, -0.25) is 0 Å². The molecular weight excluding hydrogens is 522 g/mol. The van der Waals surface area contributed by atoms with Crippen LogP contribution in [0.1, 0.15) is 56.3 Å². The zero-order valence-corrected chi connectivity index (χ0v) is 23.2. The molecule has 0 spiro atoms. The Kier molecular flexibility index (Phi) is 8.44. The molecule has 0 amide bonds. The maximum atomic E-state index is 2.29. The fourth-order valence-corrected chi connectivity index (χ4v) is 6.64. The van der Waals surface area contributed by atoms with Gasteiger partial charge < -0.3 is 24.8 Å². The summed E-state index contributed by atoms with van der Waals surface area (Å²) in [5.74, 6) is 0.603. The molecule has 0 fully saturated rings. The maximum Gasteiger partial charge on any atom is -1.00 e. The van der Waals surface area contributed by atoms with Crippen molar-refractivity contribution in [3.63, 3.8) is 0 Å². The van der Waals surface area contributed by atoms with E-state index < -0.39 is 0 Å². The van der Waals surface area contributed by atoms with E-state index in [1.54, 1.807) is 24.7 Å². The van der Waals surface area contributed by atoms with Gasteiger partial charge in [0.15, 0.2) is 0 Å². The molecule has 2 aliphatic rings. The van der Waals surface area contributed by atoms with Gasteiger partial charge in [-0.15, -0.1) is 0 Å². The van der Waals surface area contributed by atoms with Gasteiger partial charge in [-0.05, 0) is 41.2 Å². The van der Waals surface area contributed by atoms with Crippen molar-refractivity contribution in [2.45, 2.75) is 36.7 Å². The molecule has 0 aliphatic heterocycles. The largest absolute Gasteiger partial charge is 1.00 e. The smallest absolute Gasteiger partial charge is 1.00 e. The summed E-state index contributed by atoms with van der Waals surface area (Å²) in [6.07, 6.45) is 1.19. The molecular formula is C30H27Cl2Zr. The summed E-state index contributed by atoms with van der Waals surface area (Å²) in [6.45, 7) is 6.70. The summed E-state index contributed by atoms with van der Waals surface area (Å²) in [4.78, 5) is 0. The Labute approximate surface area is 225 Å². The summed E-state index contributed by atoms with van der Waals surface area (Å²) in [5.41, 5.74) is 14.7. The first-order valence-electron chi connectivity index (χ1n) is 11.2. The van der Waals surface area contributed by atoms with Crippen LogP contribution in [0.3, 0.4) is 0 Å². The first-order valence-corrected chi connectivity index (χ1v) is 12.6. The third-order valence-corrected chi connectivity index (χ3v) is 8.38. The molecule has 0 nitrogen and oxygen atoms in total. The van der Waals surface area contributed by atoms with Crippen LogP contribution < -0.4 is 24.8 Å². The minimum absolute atomic E-state index is 0. The molecule has 4 aromatic rings. The molecule has 0 aromatic heterocycles. The zero-order chi connectivity index (χ0) is 21.5. The summed E-state index contributed by atoms with van der Waals surface area (Å²) in [5, 5.41) is 0. The van der Waals surface area contributed by atoms with Gasteiger partial charge in [0, 0.05) is 5.92 Å². The summed E-state index contributed by atoms with van der Waals surface area (Å²) >= 11 is 1.59. The Hall–Kier alpha value is -1.66. The van der Waals surface area contributed by atoms with Crippen molar-refractivity contribution in [3.8, 4) is 22.3 Å². The SMILES string of the molecule is CCC1c2ccccc2-c2c(C)cccc21.Cc1cccc2c1-c1ccccc1[CH]2[Zr+2].[Cl-].[Cl-]. The third-order valence-electron chi connectivity index (χ3n) is 6.85. The van der Waals surface area contributed by atoms with Crippen molar-refractivity contribution in [1.29, 1.82) is 0 Å². The second-order valence-corrected chi connectivity index (χ2v) is 10.1. The molecule has 6 rings (SSSR count). The van der Waals surface area contributed by atoms with Gasteiger partial charge in [-0.2, -0.15) is 0 Å². The topological polar surface area (TPSA) is 0 Å². The Morgan fingerprint density at radius 3 is 1.64 bits per heavy atom. The van der Waals surface area contributed by atoms with Crippen LogP contribution in [0.25, 0.3) is 22.3 Å². The Bertz CT molecular complexity index is 1280. The van der Waals surface area contributed by atoms with E-state index in [1.807, 2.05) is 0 Å². The second kappa shape index (κ2) is 10.7. The Morgan fingerprint density at radius 1 is 0.576 bits per heavy atom. The number of halogens is 2. The van der Waals surface area contributed by atoms with Crippen LogP contribution in [0, 0.1) is 13.8 Å². The Morgan fingerprint density at radius 2 is 1.03 bits per heavy atom. The van der Waals surface area contributed by atoms with Crippen molar-refractivity contribution in [2.75, 3.05) is 0 Å². The summed E-state index contributed by atoms with van der Waals surface area (Å²) in [7, 11) is 0. The van der Waals surface area contributed by atoms with E-state index in [0.29, 0.717) is 9.54 Å². The fraction of sp³-hybridized carbons (Fsp3) is 0.200.